The zero-order valence-electron chi connectivity index (χ0n) is 15.7. The Hall–Kier alpha value is -3.26. The second-order valence-electron chi connectivity index (χ2n) is 6.69. The first-order chi connectivity index (χ1) is 13.3. The molecule has 3 rings (SSSR count). The highest BCUT2D eigenvalue weighted by Crippen LogP contribution is 2.30. The van der Waals surface area contributed by atoms with Gasteiger partial charge in [-0.25, -0.2) is 0 Å². The molecule has 0 aromatic heterocycles. The number of carbonyl (C=O) groups is 1. The van der Waals surface area contributed by atoms with Gasteiger partial charge in [0.15, 0.2) is 5.11 Å². The molecular weight excluding hydrogens is 376 g/mol. The van der Waals surface area contributed by atoms with Gasteiger partial charge in [0.2, 0.25) is 0 Å². The van der Waals surface area contributed by atoms with Crippen LogP contribution in [0.4, 0.5) is 11.4 Å². The van der Waals surface area contributed by atoms with E-state index < -0.39 is 11.0 Å². The summed E-state index contributed by atoms with van der Waals surface area (Å²) in [4.78, 5) is 23.8. The summed E-state index contributed by atoms with van der Waals surface area (Å²) in [5.41, 5.74) is 4.26. The summed E-state index contributed by atoms with van der Waals surface area (Å²) in [6.07, 6.45) is 0. The minimum Gasteiger partial charge on any atom is -0.351 e. The van der Waals surface area contributed by atoms with Crippen molar-refractivity contribution in [2.75, 3.05) is 5.32 Å². The molecule has 0 saturated carbocycles. The van der Waals surface area contributed by atoms with Crippen molar-refractivity contribution in [2.45, 2.75) is 26.8 Å². The zero-order valence-corrected chi connectivity index (χ0v) is 16.5. The Labute approximate surface area is 168 Å². The van der Waals surface area contributed by atoms with Gasteiger partial charge in [-0.15, -0.1) is 0 Å². The average Bonchev–Trinajstić information content (AvgIpc) is 2.64. The van der Waals surface area contributed by atoms with Gasteiger partial charge in [-0.3, -0.25) is 14.9 Å². The van der Waals surface area contributed by atoms with Crippen molar-refractivity contribution in [1.82, 2.24) is 10.6 Å². The van der Waals surface area contributed by atoms with Crippen LogP contribution < -0.4 is 16.0 Å². The number of anilines is 1. The predicted octanol–water partition coefficient (Wildman–Crippen LogP) is 3.64. The molecule has 3 N–H and O–H groups in total. The molecule has 1 heterocycles. The Bertz CT molecular complexity index is 1020. The minimum atomic E-state index is -0.598. The summed E-state index contributed by atoms with van der Waals surface area (Å²) in [5, 5.41) is 20.5. The molecule has 0 saturated heterocycles. The summed E-state index contributed by atoms with van der Waals surface area (Å²) in [6, 6.07) is 11.4. The third kappa shape index (κ3) is 4.01. The van der Waals surface area contributed by atoms with Gasteiger partial charge in [-0.1, -0.05) is 24.3 Å². The number of allylic oxidation sites excluding steroid dienone is 1. The second kappa shape index (κ2) is 7.77. The molecule has 8 heteroatoms. The number of benzene rings is 2. The molecule has 1 atom stereocenters. The van der Waals surface area contributed by atoms with E-state index in [0.717, 1.165) is 16.8 Å². The summed E-state index contributed by atoms with van der Waals surface area (Å²) < 4.78 is 0. The summed E-state index contributed by atoms with van der Waals surface area (Å²) in [7, 11) is 0. The van der Waals surface area contributed by atoms with Crippen molar-refractivity contribution in [1.29, 1.82) is 0 Å². The molecule has 0 aliphatic carbocycles. The zero-order chi connectivity index (χ0) is 20.4. The van der Waals surface area contributed by atoms with Gasteiger partial charge in [0.1, 0.15) is 0 Å². The molecule has 0 bridgehead atoms. The van der Waals surface area contributed by atoms with Crippen molar-refractivity contribution in [2.24, 2.45) is 0 Å². The molecule has 0 fully saturated rings. The Morgan fingerprint density at radius 2 is 1.93 bits per heavy atom. The molecule has 28 heavy (non-hydrogen) atoms. The first-order valence-electron chi connectivity index (χ1n) is 8.67. The van der Waals surface area contributed by atoms with Crippen LogP contribution in [0.25, 0.3) is 0 Å². The van der Waals surface area contributed by atoms with Crippen LogP contribution in [0.5, 0.6) is 0 Å². The smallest absolute Gasteiger partial charge is 0.269 e. The summed E-state index contributed by atoms with van der Waals surface area (Å²) in [5.74, 6) is -0.301. The number of nitro groups is 1. The quantitative estimate of drug-likeness (QED) is 0.415. The Balaban J connectivity index is 2.00. The molecule has 1 amide bonds. The lowest BCUT2D eigenvalue weighted by Gasteiger charge is -2.30. The van der Waals surface area contributed by atoms with Crippen molar-refractivity contribution < 1.29 is 9.72 Å². The van der Waals surface area contributed by atoms with E-state index in [4.69, 9.17) is 12.2 Å². The minimum absolute atomic E-state index is 0.0457. The normalized spacial score (nSPS) is 16.2. The van der Waals surface area contributed by atoms with Crippen LogP contribution in [-0.2, 0) is 4.79 Å². The van der Waals surface area contributed by atoms with Crippen LogP contribution in [0.1, 0.15) is 29.7 Å². The molecule has 0 spiro atoms. The number of hydrogen-bond donors (Lipinski definition) is 3. The highest BCUT2D eigenvalue weighted by molar-refractivity contribution is 7.80. The lowest BCUT2D eigenvalue weighted by molar-refractivity contribution is -0.384. The van der Waals surface area contributed by atoms with E-state index in [2.05, 4.69) is 16.0 Å². The molecule has 0 unspecified atom stereocenters. The maximum Gasteiger partial charge on any atom is 0.269 e. The lowest BCUT2D eigenvalue weighted by Crippen LogP contribution is -2.45. The topological polar surface area (TPSA) is 96.3 Å². The van der Waals surface area contributed by atoms with E-state index in [-0.39, 0.29) is 11.6 Å². The highest BCUT2D eigenvalue weighted by Gasteiger charge is 2.30. The number of nitro benzene ring substituents is 1. The monoisotopic (exact) mass is 396 g/mol. The fourth-order valence-corrected chi connectivity index (χ4v) is 3.39. The van der Waals surface area contributed by atoms with Crippen LogP contribution in [0.15, 0.2) is 53.7 Å². The molecular formula is C20H20N4O3S. The fraction of sp³-hybridized carbons (Fsp3) is 0.200. The second-order valence-corrected chi connectivity index (χ2v) is 7.10. The van der Waals surface area contributed by atoms with E-state index in [1.807, 2.05) is 32.0 Å². The molecule has 2 aromatic rings. The number of nitrogens with one attached hydrogen (secondary N) is 3. The summed E-state index contributed by atoms with van der Waals surface area (Å²) >= 11 is 5.23. The van der Waals surface area contributed by atoms with Crippen molar-refractivity contribution in [3.63, 3.8) is 0 Å². The number of thiocarbonyl (C=S) groups is 1. The van der Waals surface area contributed by atoms with Crippen LogP contribution >= 0.6 is 12.2 Å². The molecule has 0 radical (unpaired) electrons. The molecule has 1 aliphatic heterocycles. The molecule has 7 nitrogen and oxygen atoms in total. The molecule has 144 valence electrons. The van der Waals surface area contributed by atoms with Crippen LogP contribution in [0, 0.1) is 24.0 Å². The van der Waals surface area contributed by atoms with Gasteiger partial charge >= 0.3 is 0 Å². The van der Waals surface area contributed by atoms with E-state index >= 15 is 0 Å². The van der Waals surface area contributed by atoms with Gasteiger partial charge in [0.25, 0.3) is 11.6 Å². The maximum absolute atomic E-state index is 13.1. The third-order valence-corrected chi connectivity index (χ3v) is 4.79. The van der Waals surface area contributed by atoms with Gasteiger partial charge in [-0.2, -0.15) is 0 Å². The first-order valence-corrected chi connectivity index (χ1v) is 9.08. The number of rotatable bonds is 4. The number of non-ortho nitro benzene ring substituents is 1. The predicted molar refractivity (Wildman–Crippen MR) is 112 cm³/mol. The van der Waals surface area contributed by atoms with E-state index in [9.17, 15) is 14.9 Å². The first kappa shape index (κ1) is 19.5. The van der Waals surface area contributed by atoms with Gasteiger partial charge in [-0.05, 0) is 55.7 Å². The lowest BCUT2D eigenvalue weighted by atomic mass is 9.94. The van der Waals surface area contributed by atoms with Crippen LogP contribution in [0.3, 0.4) is 0 Å². The van der Waals surface area contributed by atoms with E-state index in [1.54, 1.807) is 19.1 Å². The van der Waals surface area contributed by atoms with Gasteiger partial charge in [0, 0.05) is 23.5 Å². The highest BCUT2D eigenvalue weighted by atomic mass is 32.1. The van der Waals surface area contributed by atoms with Crippen molar-refractivity contribution >= 4 is 34.6 Å². The average molecular weight is 396 g/mol. The number of carbonyl (C=O) groups excluding carboxylic acids is 1. The molecule has 2 aromatic carbocycles. The van der Waals surface area contributed by atoms with Gasteiger partial charge in [0.05, 0.1) is 16.5 Å². The fourth-order valence-electron chi connectivity index (χ4n) is 3.12. The van der Waals surface area contributed by atoms with Crippen molar-refractivity contribution in [3.8, 4) is 0 Å². The van der Waals surface area contributed by atoms with Crippen LogP contribution in [-0.4, -0.2) is 15.9 Å². The van der Waals surface area contributed by atoms with Crippen LogP contribution in [0.2, 0.25) is 0 Å². The number of hydrogen-bond acceptors (Lipinski definition) is 4. The number of nitrogens with zero attached hydrogens (tertiary/aromatic N) is 1. The molecule has 1 aliphatic rings. The Morgan fingerprint density at radius 3 is 2.64 bits per heavy atom. The number of amides is 1. The van der Waals surface area contributed by atoms with E-state index in [0.29, 0.717) is 21.9 Å². The SMILES string of the molecule is CC1=C(C(=O)Nc2cc(C)ccc2C)[C@@H](c2cccc([N+](=O)[O-])c2)NC(=S)N1. The van der Waals surface area contributed by atoms with E-state index in [1.165, 1.54) is 12.1 Å². The largest absolute Gasteiger partial charge is 0.351 e. The summed E-state index contributed by atoms with van der Waals surface area (Å²) in [6.45, 7) is 5.63. The van der Waals surface area contributed by atoms with Gasteiger partial charge < -0.3 is 16.0 Å². The number of aryl methyl sites for hydroxylation is 2. The standard InChI is InChI=1S/C20H20N4O3S/c1-11-7-8-12(2)16(9-11)22-19(25)17-13(3)21-20(28)23-18(17)14-5-4-6-15(10-14)24(26)27/h4-10,18H,1-3H3,(H,22,25)(H2,21,23,28)/t18-/m1/s1. The Morgan fingerprint density at radius 1 is 1.18 bits per heavy atom. The van der Waals surface area contributed by atoms with Crippen molar-refractivity contribution in [3.05, 3.63) is 80.5 Å². The maximum atomic E-state index is 13.1. The Kier molecular flexibility index (Phi) is 5.41. The third-order valence-electron chi connectivity index (χ3n) is 4.57.